The van der Waals surface area contributed by atoms with Crippen molar-refractivity contribution in [2.45, 2.75) is 19.6 Å². The van der Waals surface area contributed by atoms with E-state index in [9.17, 15) is 9.59 Å². The van der Waals surface area contributed by atoms with E-state index in [0.29, 0.717) is 44.4 Å². The third-order valence-corrected chi connectivity index (χ3v) is 9.83. The molecule has 0 spiro atoms. The molecule has 0 radical (unpaired) electrons. The quantitative estimate of drug-likeness (QED) is 0.178. The summed E-state index contributed by atoms with van der Waals surface area (Å²) in [5, 5.41) is 5.31. The molecule has 7 rings (SSSR count). The fraction of sp³-hybridized carbons (Fsp3) is 0.103. The van der Waals surface area contributed by atoms with Gasteiger partial charge in [-0.3, -0.25) is 14.2 Å². The van der Waals surface area contributed by atoms with Crippen molar-refractivity contribution in [3.8, 4) is 11.5 Å². The Morgan fingerprint density at radius 1 is 0.958 bits per heavy atom. The highest BCUT2D eigenvalue weighted by molar-refractivity contribution is 9.10. The Hall–Kier alpha value is -5.25. The summed E-state index contributed by atoms with van der Waals surface area (Å²) < 4.78 is 14.6. The fourth-order valence-corrected chi connectivity index (χ4v) is 7.47. The Kier molecular flexibility index (Phi) is 8.80. The minimum Gasteiger partial charge on any atom is -0.497 e. The molecule has 9 heteroatoms. The number of aromatic nitrogens is 1. The largest absolute Gasteiger partial charge is 0.497 e. The van der Waals surface area contributed by atoms with Gasteiger partial charge in [-0.25, -0.2) is 4.99 Å². The van der Waals surface area contributed by atoms with E-state index in [2.05, 4.69) is 45.5 Å². The summed E-state index contributed by atoms with van der Waals surface area (Å²) >= 11 is 4.96. The first-order chi connectivity index (χ1) is 23.4. The molecule has 0 saturated heterocycles. The first-order valence-electron chi connectivity index (χ1n) is 15.3. The smallest absolute Gasteiger partial charge is 0.271 e. The van der Waals surface area contributed by atoms with Gasteiger partial charge in [0.05, 0.1) is 33.4 Å². The van der Waals surface area contributed by atoms with Crippen LogP contribution in [0.25, 0.3) is 16.8 Å². The fourth-order valence-electron chi connectivity index (χ4n) is 5.91. The van der Waals surface area contributed by atoms with Crippen molar-refractivity contribution >= 4 is 55.7 Å². The van der Waals surface area contributed by atoms with Gasteiger partial charge in [0.1, 0.15) is 18.1 Å². The normalized spacial score (nSPS) is 14.4. The molecule has 1 atom stereocenters. The van der Waals surface area contributed by atoms with E-state index in [-0.39, 0.29) is 11.5 Å². The Bertz CT molecular complexity index is 2390. The Labute approximate surface area is 289 Å². The number of allylic oxidation sites excluding steroid dienone is 1. The number of fused-ring (bicyclic) bond motifs is 2. The summed E-state index contributed by atoms with van der Waals surface area (Å²) in [6.45, 7) is 2.22. The molecule has 0 unspecified atom stereocenters. The number of anilines is 1. The molecular formula is C39H30BrN3O4S. The number of nitrogens with one attached hydrogen (secondary N) is 1. The number of hydrogen-bond acceptors (Lipinski definition) is 6. The van der Waals surface area contributed by atoms with Gasteiger partial charge in [0.25, 0.3) is 11.5 Å². The van der Waals surface area contributed by atoms with Crippen LogP contribution in [0.1, 0.15) is 29.7 Å². The van der Waals surface area contributed by atoms with Crippen LogP contribution in [0.5, 0.6) is 11.5 Å². The molecule has 1 aromatic heterocycles. The van der Waals surface area contributed by atoms with Crippen LogP contribution >= 0.6 is 27.3 Å². The van der Waals surface area contributed by atoms with Crippen molar-refractivity contribution in [3.05, 3.63) is 167 Å². The van der Waals surface area contributed by atoms with Crippen molar-refractivity contribution in [1.82, 2.24) is 4.57 Å². The van der Waals surface area contributed by atoms with Crippen molar-refractivity contribution in [1.29, 1.82) is 0 Å². The van der Waals surface area contributed by atoms with Gasteiger partial charge in [-0.15, -0.1) is 0 Å². The zero-order valence-corrected chi connectivity index (χ0v) is 28.5. The molecule has 2 heterocycles. The maximum absolute atomic E-state index is 14.2. The average Bonchev–Trinajstić information content (AvgIpc) is 3.41. The second kappa shape index (κ2) is 13.5. The zero-order chi connectivity index (χ0) is 33.2. The molecule has 238 valence electrons. The molecular weight excluding hydrogens is 686 g/mol. The van der Waals surface area contributed by atoms with Crippen molar-refractivity contribution in [2.24, 2.45) is 4.99 Å². The number of halogens is 1. The second-order valence-corrected chi connectivity index (χ2v) is 13.2. The highest BCUT2D eigenvalue weighted by Gasteiger charge is 2.32. The van der Waals surface area contributed by atoms with Gasteiger partial charge >= 0.3 is 0 Å². The lowest BCUT2D eigenvalue weighted by molar-refractivity contribution is -0.113. The van der Waals surface area contributed by atoms with Crippen LogP contribution in [-0.4, -0.2) is 17.6 Å². The van der Waals surface area contributed by atoms with Crippen LogP contribution in [0.4, 0.5) is 5.69 Å². The van der Waals surface area contributed by atoms with Crippen LogP contribution in [0.15, 0.2) is 141 Å². The van der Waals surface area contributed by atoms with E-state index >= 15 is 0 Å². The van der Waals surface area contributed by atoms with E-state index in [1.165, 1.54) is 16.7 Å². The van der Waals surface area contributed by atoms with Gasteiger partial charge in [-0.2, -0.15) is 0 Å². The minimum absolute atomic E-state index is 0.239. The number of methoxy groups -OCH3 is 1. The highest BCUT2D eigenvalue weighted by Crippen LogP contribution is 2.33. The van der Waals surface area contributed by atoms with Crippen LogP contribution < -0.4 is 29.7 Å². The molecule has 5 aromatic carbocycles. The van der Waals surface area contributed by atoms with Crippen LogP contribution in [0.3, 0.4) is 0 Å². The number of thiazole rings is 1. The number of para-hydroxylation sites is 1. The van der Waals surface area contributed by atoms with E-state index in [0.717, 1.165) is 26.5 Å². The molecule has 1 N–H and O–H groups in total. The van der Waals surface area contributed by atoms with Gasteiger partial charge in [0.15, 0.2) is 4.80 Å². The summed E-state index contributed by atoms with van der Waals surface area (Å²) in [5.41, 5.74) is 4.01. The molecule has 1 aliphatic heterocycles. The third kappa shape index (κ3) is 6.22. The van der Waals surface area contributed by atoms with E-state index < -0.39 is 6.04 Å². The van der Waals surface area contributed by atoms with E-state index in [4.69, 9.17) is 14.5 Å². The number of rotatable bonds is 8. The zero-order valence-electron chi connectivity index (χ0n) is 26.1. The number of amides is 1. The summed E-state index contributed by atoms with van der Waals surface area (Å²) in [5.74, 6) is 0.997. The number of hydrogen-bond donors (Lipinski definition) is 1. The minimum atomic E-state index is -0.709. The number of nitrogens with zero attached hydrogens (tertiary/aromatic N) is 2. The third-order valence-electron chi connectivity index (χ3n) is 8.22. The predicted octanol–water partition coefficient (Wildman–Crippen LogP) is 7.38. The second-order valence-electron chi connectivity index (χ2n) is 11.3. The van der Waals surface area contributed by atoms with E-state index in [1.807, 2.05) is 97.1 Å². The highest BCUT2D eigenvalue weighted by atomic mass is 79.9. The maximum atomic E-state index is 14.2. The van der Waals surface area contributed by atoms with Gasteiger partial charge < -0.3 is 14.8 Å². The summed E-state index contributed by atoms with van der Waals surface area (Å²) in [4.78, 5) is 33.3. The van der Waals surface area contributed by atoms with Crippen LogP contribution in [-0.2, 0) is 11.4 Å². The van der Waals surface area contributed by atoms with Crippen molar-refractivity contribution in [3.63, 3.8) is 0 Å². The van der Waals surface area contributed by atoms with Crippen LogP contribution in [0.2, 0.25) is 0 Å². The maximum Gasteiger partial charge on any atom is 0.271 e. The topological polar surface area (TPSA) is 81.9 Å². The Balaban J connectivity index is 1.23. The number of carbonyl (C=O) groups excluding carboxylic acids is 1. The molecule has 0 saturated carbocycles. The standard InChI is InChI=1S/C39H30BrN3O4S/c1-24-35(37(44)42-29-14-4-3-5-15-29)36(27-12-9-16-30(22-27)46-2)43-38(45)34(48-39(43)41-24)21-25-18-19-33(32(40)20-25)47-23-28-13-8-11-26-10-6-7-17-31(26)28/h3-22,36H,23H2,1-2H3,(H,42,44)/b34-21-/t36-/m1/s1. The summed E-state index contributed by atoms with van der Waals surface area (Å²) in [7, 11) is 1.59. The van der Waals surface area contributed by atoms with E-state index in [1.54, 1.807) is 18.6 Å². The molecule has 1 aliphatic rings. The molecule has 7 nitrogen and oxygen atoms in total. The van der Waals surface area contributed by atoms with Gasteiger partial charge in [0, 0.05) is 5.69 Å². The monoisotopic (exact) mass is 715 g/mol. The first-order valence-corrected chi connectivity index (χ1v) is 16.9. The average molecular weight is 717 g/mol. The molecule has 0 aliphatic carbocycles. The lowest BCUT2D eigenvalue weighted by Crippen LogP contribution is -2.40. The molecule has 0 fully saturated rings. The molecule has 6 aromatic rings. The number of ether oxygens (including phenoxy) is 2. The predicted molar refractivity (Wildman–Crippen MR) is 194 cm³/mol. The summed E-state index contributed by atoms with van der Waals surface area (Å²) in [6.07, 6.45) is 1.84. The van der Waals surface area contributed by atoms with Gasteiger partial charge in [0.2, 0.25) is 0 Å². The van der Waals surface area contributed by atoms with Crippen LogP contribution in [0, 0.1) is 0 Å². The lowest BCUT2D eigenvalue weighted by atomic mass is 9.95. The Morgan fingerprint density at radius 3 is 2.54 bits per heavy atom. The lowest BCUT2D eigenvalue weighted by Gasteiger charge is -2.25. The van der Waals surface area contributed by atoms with Crippen molar-refractivity contribution < 1.29 is 14.3 Å². The van der Waals surface area contributed by atoms with Gasteiger partial charge in [-0.1, -0.05) is 90.2 Å². The number of benzene rings is 5. The van der Waals surface area contributed by atoms with Gasteiger partial charge in [-0.05, 0) is 92.8 Å². The first kappa shape index (κ1) is 31.4. The molecule has 1 amide bonds. The molecule has 48 heavy (non-hydrogen) atoms. The SMILES string of the molecule is COc1cccc([C@@H]2C(C(=O)Nc3ccccc3)=C(C)N=c3s/c(=C\c4ccc(OCc5cccc6ccccc56)c(Br)c4)c(=O)n32)c1. The molecule has 0 bridgehead atoms. The van der Waals surface area contributed by atoms with Crippen molar-refractivity contribution in [2.75, 3.05) is 12.4 Å². The Morgan fingerprint density at radius 2 is 1.73 bits per heavy atom. The number of carbonyl (C=O) groups is 1. The summed E-state index contributed by atoms with van der Waals surface area (Å²) in [6, 6.07) is 36.2.